The van der Waals surface area contributed by atoms with Crippen molar-refractivity contribution in [3.63, 3.8) is 0 Å². The van der Waals surface area contributed by atoms with Crippen LogP contribution in [0.5, 0.6) is 0 Å². The van der Waals surface area contributed by atoms with Gasteiger partial charge >= 0.3 is 0 Å². The van der Waals surface area contributed by atoms with Gasteiger partial charge in [0.05, 0.1) is 23.4 Å². The number of nitrogens with zero attached hydrogens (tertiary/aromatic N) is 3. The van der Waals surface area contributed by atoms with Gasteiger partial charge in [0.1, 0.15) is 11.3 Å². The highest BCUT2D eigenvalue weighted by Gasteiger charge is 2.15. The van der Waals surface area contributed by atoms with E-state index in [1.807, 2.05) is 0 Å². The number of aromatic nitrogens is 2. The lowest BCUT2D eigenvalue weighted by Gasteiger charge is -2.14. The summed E-state index contributed by atoms with van der Waals surface area (Å²) >= 11 is 2.57. The number of benzene rings is 1. The van der Waals surface area contributed by atoms with Crippen LogP contribution in [0.2, 0.25) is 0 Å². The maximum absolute atomic E-state index is 13.7. The second kappa shape index (κ2) is 7.75. The number of carbonyl (C=O) groups excluding carboxylic acids is 2. The van der Waals surface area contributed by atoms with Gasteiger partial charge in [-0.05, 0) is 12.1 Å². The lowest BCUT2D eigenvalue weighted by Crippen LogP contribution is -2.30. The van der Waals surface area contributed by atoms with E-state index in [0.717, 1.165) is 4.70 Å². The van der Waals surface area contributed by atoms with Crippen molar-refractivity contribution in [1.82, 2.24) is 15.3 Å². The van der Waals surface area contributed by atoms with Gasteiger partial charge in [0.15, 0.2) is 10.3 Å². The number of carbonyl (C=O) groups is 2. The number of para-hydroxylation sites is 1. The molecular weight excluding hydrogens is 377 g/mol. The Kier molecular flexibility index (Phi) is 5.43. The number of hydrogen-bond acceptors (Lipinski definition) is 7. The summed E-state index contributed by atoms with van der Waals surface area (Å²) in [5, 5.41) is 7.93. The van der Waals surface area contributed by atoms with Crippen molar-refractivity contribution in [2.45, 2.75) is 6.42 Å². The predicted octanol–water partition coefficient (Wildman–Crippen LogP) is 2.26. The van der Waals surface area contributed by atoms with Crippen LogP contribution in [0.3, 0.4) is 0 Å². The predicted molar refractivity (Wildman–Crippen MR) is 101 cm³/mol. The minimum absolute atomic E-state index is 0.0474. The molecule has 3 rings (SSSR count). The summed E-state index contributed by atoms with van der Waals surface area (Å²) in [6.45, 7) is 0.0474. The van der Waals surface area contributed by atoms with Gasteiger partial charge in [-0.1, -0.05) is 17.4 Å². The fourth-order valence-corrected chi connectivity index (χ4v) is 3.87. The molecule has 26 heavy (non-hydrogen) atoms. The van der Waals surface area contributed by atoms with Crippen molar-refractivity contribution in [1.29, 1.82) is 0 Å². The van der Waals surface area contributed by atoms with Crippen molar-refractivity contribution in [2.75, 3.05) is 30.9 Å². The van der Waals surface area contributed by atoms with E-state index < -0.39 is 0 Å². The van der Waals surface area contributed by atoms with E-state index in [-0.39, 0.29) is 30.6 Å². The zero-order valence-electron chi connectivity index (χ0n) is 14.1. The zero-order valence-corrected chi connectivity index (χ0v) is 15.7. The summed E-state index contributed by atoms with van der Waals surface area (Å²) in [6, 6.07) is 4.78. The van der Waals surface area contributed by atoms with Gasteiger partial charge in [0.25, 0.3) is 0 Å². The molecule has 0 saturated heterocycles. The van der Waals surface area contributed by atoms with Gasteiger partial charge in [0.2, 0.25) is 11.8 Å². The minimum atomic E-state index is -0.380. The normalized spacial score (nSPS) is 10.7. The quantitative estimate of drug-likeness (QED) is 0.671. The number of likely N-dealkylation sites (N-methyl/N-ethyl adjacent to an activating group) is 2. The lowest BCUT2D eigenvalue weighted by atomic mass is 10.3. The highest BCUT2D eigenvalue weighted by atomic mass is 32.1. The number of rotatable bonds is 6. The summed E-state index contributed by atoms with van der Waals surface area (Å²) in [5.74, 6) is -0.793. The van der Waals surface area contributed by atoms with E-state index in [4.69, 9.17) is 0 Å². The van der Waals surface area contributed by atoms with Crippen molar-refractivity contribution in [3.8, 4) is 0 Å². The van der Waals surface area contributed by atoms with E-state index in [9.17, 15) is 14.0 Å². The third-order valence-electron chi connectivity index (χ3n) is 3.48. The van der Waals surface area contributed by atoms with Gasteiger partial charge in [0, 0.05) is 19.5 Å². The van der Waals surface area contributed by atoms with Crippen LogP contribution in [0.1, 0.15) is 5.69 Å². The molecule has 2 amide bonds. The molecule has 0 radical (unpaired) electrons. The van der Waals surface area contributed by atoms with Crippen LogP contribution in [-0.4, -0.2) is 42.4 Å². The average molecular weight is 393 g/mol. The Hall–Kier alpha value is -2.59. The Morgan fingerprint density at radius 3 is 2.81 bits per heavy atom. The highest BCUT2D eigenvalue weighted by Crippen LogP contribution is 2.29. The standard InChI is InChI=1S/C16H16FN5O2S2/c1-18-12(23)6-9-8-25-15(19-9)20-13(24)7-22(2)16-21-14-10(17)4-3-5-11(14)26-16/h3-5,8H,6-7H2,1-2H3,(H,18,23)(H,19,20,24). The molecule has 7 nitrogen and oxygen atoms in total. The van der Waals surface area contributed by atoms with Gasteiger partial charge < -0.3 is 15.5 Å². The Bertz CT molecular complexity index is 955. The Morgan fingerprint density at radius 2 is 2.08 bits per heavy atom. The Balaban J connectivity index is 1.62. The molecule has 2 aromatic heterocycles. The molecule has 0 bridgehead atoms. The molecule has 0 aliphatic heterocycles. The van der Waals surface area contributed by atoms with Gasteiger partial charge in [-0.25, -0.2) is 14.4 Å². The molecule has 2 N–H and O–H groups in total. The molecule has 0 atom stereocenters. The molecule has 0 saturated carbocycles. The van der Waals surface area contributed by atoms with Crippen molar-refractivity contribution in [2.24, 2.45) is 0 Å². The third-order valence-corrected chi connectivity index (χ3v) is 5.43. The first-order valence-corrected chi connectivity index (χ1v) is 9.37. The second-order valence-corrected chi connectivity index (χ2v) is 7.35. The number of amides is 2. The van der Waals surface area contributed by atoms with E-state index >= 15 is 0 Å². The molecule has 0 aliphatic carbocycles. The molecule has 10 heteroatoms. The Morgan fingerprint density at radius 1 is 1.27 bits per heavy atom. The van der Waals surface area contributed by atoms with Crippen molar-refractivity contribution < 1.29 is 14.0 Å². The fourth-order valence-electron chi connectivity index (χ4n) is 2.21. The van der Waals surface area contributed by atoms with E-state index in [1.165, 1.54) is 28.7 Å². The summed E-state index contributed by atoms with van der Waals surface area (Å²) < 4.78 is 14.5. The summed E-state index contributed by atoms with van der Waals surface area (Å²) in [7, 11) is 3.27. The number of fused-ring (bicyclic) bond motifs is 1. The van der Waals surface area contributed by atoms with Crippen LogP contribution in [0.15, 0.2) is 23.6 Å². The smallest absolute Gasteiger partial charge is 0.245 e. The monoisotopic (exact) mass is 393 g/mol. The number of thiazole rings is 2. The molecule has 0 aliphatic rings. The lowest BCUT2D eigenvalue weighted by molar-refractivity contribution is -0.120. The Labute approximate surface area is 156 Å². The number of hydrogen-bond donors (Lipinski definition) is 2. The first kappa shape index (κ1) is 18.2. The number of anilines is 2. The summed E-state index contributed by atoms with van der Waals surface area (Å²) in [4.78, 5) is 33.7. The SMILES string of the molecule is CNC(=O)Cc1csc(NC(=O)CN(C)c2nc3c(F)cccc3s2)n1. The zero-order chi connectivity index (χ0) is 18.7. The fraction of sp³-hybridized carbons (Fsp3) is 0.250. The van der Waals surface area contributed by atoms with Crippen LogP contribution in [-0.2, 0) is 16.0 Å². The molecular formula is C16H16FN5O2S2. The molecule has 0 spiro atoms. The van der Waals surface area contributed by atoms with Crippen LogP contribution >= 0.6 is 22.7 Å². The largest absolute Gasteiger partial charge is 0.359 e. The molecule has 3 aromatic rings. The second-order valence-electron chi connectivity index (χ2n) is 5.48. The minimum Gasteiger partial charge on any atom is -0.359 e. The molecule has 2 heterocycles. The summed E-state index contributed by atoms with van der Waals surface area (Å²) in [6.07, 6.45) is 0.167. The van der Waals surface area contributed by atoms with Crippen LogP contribution in [0.25, 0.3) is 10.2 Å². The maximum Gasteiger partial charge on any atom is 0.245 e. The van der Waals surface area contributed by atoms with E-state index in [0.29, 0.717) is 21.5 Å². The molecule has 1 aromatic carbocycles. The van der Waals surface area contributed by atoms with Gasteiger partial charge in [-0.3, -0.25) is 9.59 Å². The average Bonchev–Trinajstić information content (AvgIpc) is 3.22. The van der Waals surface area contributed by atoms with Gasteiger partial charge in [-0.15, -0.1) is 11.3 Å². The van der Waals surface area contributed by atoms with Crippen LogP contribution < -0.4 is 15.5 Å². The molecule has 0 unspecified atom stereocenters. The van der Waals surface area contributed by atoms with Gasteiger partial charge in [-0.2, -0.15) is 0 Å². The maximum atomic E-state index is 13.7. The molecule has 0 fully saturated rings. The number of nitrogens with one attached hydrogen (secondary N) is 2. The van der Waals surface area contributed by atoms with Crippen LogP contribution in [0, 0.1) is 5.82 Å². The molecule has 136 valence electrons. The van der Waals surface area contributed by atoms with E-state index in [2.05, 4.69) is 20.6 Å². The topological polar surface area (TPSA) is 87.2 Å². The highest BCUT2D eigenvalue weighted by molar-refractivity contribution is 7.22. The van der Waals surface area contributed by atoms with Crippen LogP contribution in [0.4, 0.5) is 14.7 Å². The first-order chi connectivity index (χ1) is 12.5. The first-order valence-electron chi connectivity index (χ1n) is 7.67. The number of halogens is 1. The van der Waals surface area contributed by atoms with Crippen molar-refractivity contribution >= 4 is 55.0 Å². The summed E-state index contributed by atoms with van der Waals surface area (Å²) in [5.41, 5.74) is 0.901. The van der Waals surface area contributed by atoms with Crippen molar-refractivity contribution in [3.05, 3.63) is 35.1 Å². The third kappa shape index (κ3) is 4.14. The van der Waals surface area contributed by atoms with E-state index in [1.54, 1.807) is 36.5 Å².